The zero-order valence-electron chi connectivity index (χ0n) is 9.59. The Balaban J connectivity index is 0.000000304. The lowest BCUT2D eigenvalue weighted by atomic mass is 10.5. The second-order valence-electron chi connectivity index (χ2n) is 2.95. The van der Waals surface area contributed by atoms with Crippen LogP contribution in [0.3, 0.4) is 0 Å². The molecule has 0 saturated carbocycles. The summed E-state index contributed by atoms with van der Waals surface area (Å²) < 4.78 is 13.9. The summed E-state index contributed by atoms with van der Waals surface area (Å²) in [5.74, 6) is -0.805. The van der Waals surface area contributed by atoms with Gasteiger partial charge in [-0.25, -0.2) is 9.59 Å². The highest BCUT2D eigenvalue weighted by Crippen LogP contribution is 2.08. The molecule has 1 heterocycles. The number of epoxide rings is 1. The Bertz CT molecular complexity index is 273. The summed E-state index contributed by atoms with van der Waals surface area (Å²) in [4.78, 5) is 20.5. The first kappa shape index (κ1) is 15.3. The van der Waals surface area contributed by atoms with Crippen LogP contribution in [0.4, 0.5) is 0 Å². The first-order valence-corrected chi connectivity index (χ1v) is 5.04. The van der Waals surface area contributed by atoms with Crippen LogP contribution in [-0.2, 0) is 23.8 Å². The maximum atomic E-state index is 10.3. The molecule has 1 aliphatic rings. The minimum absolute atomic E-state index is 0.147. The van der Waals surface area contributed by atoms with Crippen LogP contribution in [0.25, 0.3) is 0 Å². The van der Waals surface area contributed by atoms with Gasteiger partial charge in [0, 0.05) is 18.7 Å². The van der Waals surface area contributed by atoms with E-state index in [1.165, 1.54) is 0 Å². The summed E-state index contributed by atoms with van der Waals surface area (Å²) in [6.07, 6.45) is 2.40. The number of hydrogen-bond acceptors (Lipinski definition) is 6. The van der Waals surface area contributed by atoms with Gasteiger partial charge in [-0.2, -0.15) is 0 Å². The van der Waals surface area contributed by atoms with E-state index in [9.17, 15) is 9.59 Å². The van der Waals surface area contributed by atoms with Crippen LogP contribution in [0.5, 0.6) is 0 Å². The van der Waals surface area contributed by atoms with Crippen molar-refractivity contribution in [3.8, 4) is 0 Å². The molecule has 17 heavy (non-hydrogen) atoms. The average molecular weight is 243 g/mol. The molecule has 1 rings (SSSR count). The third-order valence-electron chi connectivity index (χ3n) is 1.51. The Morgan fingerprint density at radius 3 is 2.24 bits per heavy atom. The number of ether oxygens (including phenoxy) is 3. The van der Waals surface area contributed by atoms with E-state index in [-0.39, 0.29) is 18.7 Å². The quantitative estimate of drug-likeness (QED) is 0.394. The Labute approximate surface area is 100 Å². The lowest BCUT2D eigenvalue weighted by molar-refractivity contribution is -0.138. The van der Waals surface area contributed by atoms with Crippen LogP contribution >= 0.6 is 0 Å². The van der Waals surface area contributed by atoms with Gasteiger partial charge in [0.05, 0.1) is 6.61 Å². The summed E-state index contributed by atoms with van der Waals surface area (Å²) in [6.45, 7) is 8.15. The molecular weight excluding hydrogens is 226 g/mol. The first-order chi connectivity index (χ1) is 8.13. The van der Waals surface area contributed by atoms with Crippen molar-refractivity contribution in [2.75, 3.05) is 26.4 Å². The van der Waals surface area contributed by atoms with E-state index in [1.807, 2.05) is 0 Å². The molecule has 1 aliphatic heterocycles. The predicted octanol–water partition coefficient (Wildman–Crippen LogP) is -0.211. The summed E-state index contributed by atoms with van der Waals surface area (Å²) in [5, 5.41) is 0. The highest BCUT2D eigenvalue weighted by molar-refractivity contribution is 5.81. The third-order valence-corrected chi connectivity index (χ3v) is 1.51. The highest BCUT2D eigenvalue weighted by atomic mass is 16.6. The molecular formula is C11H17NO5. The van der Waals surface area contributed by atoms with Crippen molar-refractivity contribution >= 4 is 11.9 Å². The van der Waals surface area contributed by atoms with E-state index < -0.39 is 5.97 Å². The van der Waals surface area contributed by atoms with Gasteiger partial charge in [0.25, 0.3) is 0 Å². The number of nitrogens with two attached hydrogens (primary N) is 1. The molecule has 0 aromatic heterocycles. The van der Waals surface area contributed by atoms with Crippen LogP contribution in [0.1, 0.15) is 0 Å². The largest absolute Gasteiger partial charge is 0.461 e. The minimum atomic E-state index is -0.421. The van der Waals surface area contributed by atoms with E-state index in [4.69, 9.17) is 10.5 Å². The van der Waals surface area contributed by atoms with Gasteiger partial charge in [-0.15, -0.1) is 0 Å². The van der Waals surface area contributed by atoms with E-state index in [0.29, 0.717) is 19.8 Å². The topological polar surface area (TPSA) is 91.1 Å². The van der Waals surface area contributed by atoms with Gasteiger partial charge in [-0.05, 0) is 0 Å². The molecule has 1 unspecified atom stereocenters. The fourth-order valence-corrected chi connectivity index (χ4v) is 0.617. The lowest BCUT2D eigenvalue weighted by Gasteiger charge is -1.94. The molecule has 0 aromatic rings. The average Bonchev–Trinajstić information content (AvgIpc) is 3.17. The van der Waals surface area contributed by atoms with Gasteiger partial charge in [-0.3, -0.25) is 0 Å². The summed E-state index contributed by atoms with van der Waals surface area (Å²) >= 11 is 0. The molecule has 1 atom stereocenters. The smallest absolute Gasteiger partial charge is 0.330 e. The van der Waals surface area contributed by atoms with Crippen molar-refractivity contribution in [1.29, 1.82) is 0 Å². The van der Waals surface area contributed by atoms with Crippen molar-refractivity contribution in [1.82, 2.24) is 0 Å². The van der Waals surface area contributed by atoms with Gasteiger partial charge in [0.2, 0.25) is 0 Å². The standard InChI is InChI=1S/C6H8O3.C5H9NO2/c1-2-6(7)9-4-5-3-8-5;1-2-5(7)8-4-3-6/h2,5H,1,3-4H2;2H,1,3-4,6H2. The molecule has 1 saturated heterocycles. The Morgan fingerprint density at radius 2 is 1.82 bits per heavy atom. The zero-order valence-corrected chi connectivity index (χ0v) is 9.59. The number of carbonyl (C=O) groups is 2. The predicted molar refractivity (Wildman–Crippen MR) is 61.1 cm³/mol. The van der Waals surface area contributed by atoms with Crippen LogP contribution in [0.15, 0.2) is 25.3 Å². The summed E-state index contributed by atoms with van der Waals surface area (Å²) in [7, 11) is 0. The molecule has 0 radical (unpaired) electrons. The first-order valence-electron chi connectivity index (χ1n) is 5.04. The molecule has 2 N–H and O–H groups in total. The zero-order chi connectivity index (χ0) is 13.1. The van der Waals surface area contributed by atoms with Gasteiger partial charge < -0.3 is 19.9 Å². The number of carbonyl (C=O) groups excluding carboxylic acids is 2. The number of esters is 2. The molecule has 96 valence electrons. The maximum absolute atomic E-state index is 10.3. The molecule has 0 aliphatic carbocycles. The Hall–Kier alpha value is -1.66. The molecule has 0 aromatic carbocycles. The van der Waals surface area contributed by atoms with Crippen LogP contribution in [0.2, 0.25) is 0 Å². The molecule has 6 nitrogen and oxygen atoms in total. The van der Waals surface area contributed by atoms with Crippen molar-refractivity contribution in [2.24, 2.45) is 5.73 Å². The fraction of sp³-hybridized carbons (Fsp3) is 0.455. The molecule has 1 fully saturated rings. The van der Waals surface area contributed by atoms with Crippen molar-refractivity contribution in [2.45, 2.75) is 6.10 Å². The lowest BCUT2D eigenvalue weighted by Crippen LogP contribution is -2.11. The van der Waals surface area contributed by atoms with E-state index >= 15 is 0 Å². The second-order valence-corrected chi connectivity index (χ2v) is 2.95. The maximum Gasteiger partial charge on any atom is 0.330 e. The Kier molecular flexibility index (Phi) is 8.62. The van der Waals surface area contributed by atoms with Crippen LogP contribution in [-0.4, -0.2) is 44.4 Å². The third kappa shape index (κ3) is 10.6. The fourth-order valence-electron chi connectivity index (χ4n) is 0.617. The number of hydrogen-bond donors (Lipinski definition) is 1. The van der Waals surface area contributed by atoms with Gasteiger partial charge in [-0.1, -0.05) is 13.2 Å². The highest BCUT2D eigenvalue weighted by Gasteiger charge is 2.23. The number of rotatable bonds is 6. The van der Waals surface area contributed by atoms with Crippen LogP contribution < -0.4 is 5.73 Å². The van der Waals surface area contributed by atoms with Gasteiger partial charge >= 0.3 is 11.9 Å². The monoisotopic (exact) mass is 243 g/mol. The summed E-state index contributed by atoms with van der Waals surface area (Å²) in [5.41, 5.74) is 5.02. The van der Waals surface area contributed by atoms with E-state index in [1.54, 1.807) is 0 Å². The minimum Gasteiger partial charge on any atom is -0.461 e. The van der Waals surface area contributed by atoms with Crippen molar-refractivity contribution in [3.05, 3.63) is 25.3 Å². The molecule has 0 bridgehead atoms. The van der Waals surface area contributed by atoms with Gasteiger partial charge in [0.15, 0.2) is 0 Å². The van der Waals surface area contributed by atoms with E-state index in [2.05, 4.69) is 22.6 Å². The molecule has 6 heteroatoms. The van der Waals surface area contributed by atoms with Gasteiger partial charge in [0.1, 0.15) is 19.3 Å². The van der Waals surface area contributed by atoms with Crippen molar-refractivity contribution in [3.63, 3.8) is 0 Å². The van der Waals surface area contributed by atoms with E-state index in [0.717, 1.165) is 12.2 Å². The molecule has 0 spiro atoms. The SMILES string of the molecule is C=CC(=O)OCC1CO1.C=CC(=O)OCCN. The Morgan fingerprint density at radius 1 is 1.29 bits per heavy atom. The van der Waals surface area contributed by atoms with Crippen LogP contribution in [0, 0.1) is 0 Å². The second kappa shape index (κ2) is 9.56. The normalized spacial score (nSPS) is 15.9. The molecule has 0 amide bonds. The summed E-state index contributed by atoms with van der Waals surface area (Å²) in [6, 6.07) is 0. The van der Waals surface area contributed by atoms with Crippen molar-refractivity contribution < 1.29 is 23.8 Å².